The number of hydrogen-bond acceptors (Lipinski definition) is 7. The molecule has 218 valence electrons. The average molecular weight is 594 g/mol. The Morgan fingerprint density at radius 1 is 1.00 bits per heavy atom. The molecule has 2 atom stereocenters. The Morgan fingerprint density at radius 3 is 2.51 bits per heavy atom. The summed E-state index contributed by atoms with van der Waals surface area (Å²) in [7, 11) is 1.34. The lowest BCUT2D eigenvalue weighted by Crippen LogP contribution is -2.32. The Bertz CT molecular complexity index is 1780. The number of fused-ring (bicyclic) bond motifs is 2. The molecule has 9 heteroatoms. The number of carbonyl (C=O) groups excluding carboxylic acids is 3. The molecule has 43 heavy (non-hydrogen) atoms. The van der Waals surface area contributed by atoms with Crippen molar-refractivity contribution in [2.75, 3.05) is 12.4 Å². The number of methoxy groups -OCH3 is 1. The van der Waals surface area contributed by atoms with Gasteiger partial charge in [0.1, 0.15) is 10.8 Å². The standard InChI is InChI=1S/C34H31N3O5S/c1-3-27(42-33(39)23-14-8-7-13-22(23)30-35-25-15-9-10-16-26(25)36-30)31(38)37-32-29(34(40)41-2)24-18-17-21(19-28(24)43-32)20-11-5-4-6-12-20/h4-16,21,27H,3,17-19H2,1-2H3,(H,35,36)(H,37,38). The number of carbonyl (C=O) groups is 3. The van der Waals surface area contributed by atoms with Crippen LogP contribution in [0.25, 0.3) is 22.4 Å². The van der Waals surface area contributed by atoms with Gasteiger partial charge in [0.25, 0.3) is 5.91 Å². The first-order chi connectivity index (χ1) is 21.0. The number of aromatic nitrogens is 2. The van der Waals surface area contributed by atoms with Crippen molar-refractivity contribution < 1.29 is 23.9 Å². The molecule has 0 fully saturated rings. The maximum absolute atomic E-state index is 13.5. The third kappa shape index (κ3) is 5.68. The number of anilines is 1. The number of rotatable bonds is 8. The molecule has 0 saturated carbocycles. The number of para-hydroxylation sites is 2. The fourth-order valence-corrected chi connectivity index (χ4v) is 6.98. The van der Waals surface area contributed by atoms with Crippen molar-refractivity contribution in [3.05, 3.63) is 106 Å². The molecule has 6 rings (SSSR count). The largest absolute Gasteiger partial charge is 0.465 e. The highest BCUT2D eigenvalue weighted by Gasteiger charge is 2.32. The molecule has 0 aliphatic heterocycles. The molecule has 3 aromatic carbocycles. The van der Waals surface area contributed by atoms with Crippen LogP contribution >= 0.6 is 11.3 Å². The highest BCUT2D eigenvalue weighted by Crippen LogP contribution is 2.43. The minimum absolute atomic E-state index is 0.249. The lowest BCUT2D eigenvalue weighted by molar-refractivity contribution is -0.124. The van der Waals surface area contributed by atoms with Crippen molar-refractivity contribution in [2.24, 2.45) is 0 Å². The average Bonchev–Trinajstić information content (AvgIpc) is 3.64. The van der Waals surface area contributed by atoms with Crippen LogP contribution in [0.5, 0.6) is 0 Å². The first-order valence-corrected chi connectivity index (χ1v) is 15.1. The Labute approximate surface area is 253 Å². The zero-order chi connectivity index (χ0) is 29.9. The van der Waals surface area contributed by atoms with E-state index in [-0.39, 0.29) is 6.42 Å². The summed E-state index contributed by atoms with van der Waals surface area (Å²) in [6, 6.07) is 24.9. The molecule has 2 heterocycles. The molecule has 1 aliphatic carbocycles. The molecule has 0 spiro atoms. The molecule has 0 bridgehead atoms. The lowest BCUT2D eigenvalue weighted by atomic mass is 9.83. The van der Waals surface area contributed by atoms with Crippen LogP contribution in [0.2, 0.25) is 0 Å². The third-order valence-corrected chi connectivity index (χ3v) is 9.04. The maximum Gasteiger partial charge on any atom is 0.341 e. The number of hydrogen-bond donors (Lipinski definition) is 2. The van der Waals surface area contributed by atoms with Gasteiger partial charge in [-0.2, -0.15) is 0 Å². The van der Waals surface area contributed by atoms with Crippen LogP contribution in [0.15, 0.2) is 78.9 Å². The third-order valence-electron chi connectivity index (χ3n) is 7.87. The molecule has 2 N–H and O–H groups in total. The first-order valence-electron chi connectivity index (χ1n) is 14.3. The maximum atomic E-state index is 13.5. The van der Waals surface area contributed by atoms with E-state index >= 15 is 0 Å². The van der Waals surface area contributed by atoms with Gasteiger partial charge in [-0.05, 0) is 60.9 Å². The van der Waals surface area contributed by atoms with Crippen molar-refractivity contribution >= 4 is 45.2 Å². The van der Waals surface area contributed by atoms with Gasteiger partial charge < -0.3 is 19.8 Å². The molecule has 0 radical (unpaired) electrons. The summed E-state index contributed by atoms with van der Waals surface area (Å²) in [5.41, 5.74) is 5.06. The second-order valence-corrected chi connectivity index (χ2v) is 11.6. The van der Waals surface area contributed by atoms with E-state index in [9.17, 15) is 14.4 Å². The Balaban J connectivity index is 1.22. The summed E-state index contributed by atoms with van der Waals surface area (Å²) < 4.78 is 10.9. The van der Waals surface area contributed by atoms with Gasteiger partial charge in [0.15, 0.2) is 6.10 Å². The van der Waals surface area contributed by atoms with Crippen LogP contribution in [-0.2, 0) is 27.1 Å². The lowest BCUT2D eigenvalue weighted by Gasteiger charge is -2.22. The zero-order valence-corrected chi connectivity index (χ0v) is 24.7. The van der Waals surface area contributed by atoms with E-state index in [1.165, 1.54) is 24.0 Å². The number of imidazole rings is 1. The summed E-state index contributed by atoms with van der Waals surface area (Å²) in [5.74, 6) is -0.761. The first kappa shape index (κ1) is 28.4. The number of aromatic amines is 1. The van der Waals surface area contributed by atoms with Crippen molar-refractivity contribution in [3.8, 4) is 11.4 Å². The van der Waals surface area contributed by atoms with Gasteiger partial charge in [0.05, 0.1) is 29.3 Å². The monoisotopic (exact) mass is 593 g/mol. The number of benzene rings is 3. The van der Waals surface area contributed by atoms with Gasteiger partial charge in [-0.25, -0.2) is 14.6 Å². The van der Waals surface area contributed by atoms with Gasteiger partial charge >= 0.3 is 11.9 Å². The van der Waals surface area contributed by atoms with E-state index in [1.807, 2.05) is 48.5 Å². The summed E-state index contributed by atoms with van der Waals surface area (Å²) >= 11 is 1.39. The van der Waals surface area contributed by atoms with Gasteiger partial charge in [0.2, 0.25) is 0 Å². The zero-order valence-electron chi connectivity index (χ0n) is 23.9. The van der Waals surface area contributed by atoms with E-state index in [1.54, 1.807) is 25.1 Å². The fourth-order valence-electron chi connectivity index (χ4n) is 5.66. The Morgan fingerprint density at radius 2 is 1.74 bits per heavy atom. The van der Waals surface area contributed by atoms with Crippen LogP contribution in [0.3, 0.4) is 0 Å². The molecule has 1 aliphatic rings. The van der Waals surface area contributed by atoms with Crippen molar-refractivity contribution in [2.45, 2.75) is 44.6 Å². The molecule has 5 aromatic rings. The van der Waals surface area contributed by atoms with E-state index in [2.05, 4.69) is 27.4 Å². The van der Waals surface area contributed by atoms with Gasteiger partial charge in [0, 0.05) is 10.4 Å². The number of thiophene rings is 1. The van der Waals surface area contributed by atoms with Crippen LogP contribution in [0.4, 0.5) is 5.00 Å². The van der Waals surface area contributed by atoms with Gasteiger partial charge in [-0.1, -0.05) is 67.6 Å². The Kier molecular flexibility index (Phi) is 8.07. The van der Waals surface area contributed by atoms with E-state index in [0.717, 1.165) is 34.3 Å². The quantitative estimate of drug-likeness (QED) is 0.189. The smallest absolute Gasteiger partial charge is 0.341 e. The van der Waals surface area contributed by atoms with Crippen molar-refractivity contribution in [1.29, 1.82) is 0 Å². The van der Waals surface area contributed by atoms with Gasteiger partial charge in [-0.15, -0.1) is 11.3 Å². The number of amides is 1. The summed E-state index contributed by atoms with van der Waals surface area (Å²) in [5, 5.41) is 3.32. The summed E-state index contributed by atoms with van der Waals surface area (Å²) in [6.07, 6.45) is 1.55. The van der Waals surface area contributed by atoms with Crippen LogP contribution in [0.1, 0.15) is 62.4 Å². The molecule has 2 aromatic heterocycles. The minimum Gasteiger partial charge on any atom is -0.465 e. The van der Waals surface area contributed by atoms with Crippen molar-refractivity contribution in [1.82, 2.24) is 9.97 Å². The number of nitrogens with one attached hydrogen (secondary N) is 2. The van der Waals surface area contributed by atoms with Crippen molar-refractivity contribution in [3.63, 3.8) is 0 Å². The van der Waals surface area contributed by atoms with E-state index < -0.39 is 23.9 Å². The van der Waals surface area contributed by atoms with E-state index in [4.69, 9.17) is 9.47 Å². The highest BCUT2D eigenvalue weighted by atomic mass is 32.1. The van der Waals surface area contributed by atoms with Crippen LogP contribution in [0, 0.1) is 0 Å². The summed E-state index contributed by atoms with van der Waals surface area (Å²) in [4.78, 5) is 48.7. The molecular formula is C34H31N3O5S. The Hall–Kier alpha value is -4.76. The fraction of sp³-hybridized carbons (Fsp3) is 0.235. The van der Waals surface area contributed by atoms with E-state index in [0.29, 0.717) is 39.9 Å². The predicted molar refractivity (Wildman–Crippen MR) is 167 cm³/mol. The SMILES string of the molecule is CCC(OC(=O)c1ccccc1-c1nc2ccccc2[nH]1)C(=O)Nc1sc2c(c1C(=O)OC)CCC(c1ccccc1)C2. The summed E-state index contributed by atoms with van der Waals surface area (Å²) in [6.45, 7) is 1.77. The second-order valence-electron chi connectivity index (χ2n) is 10.5. The number of nitrogens with zero attached hydrogens (tertiary/aromatic N) is 1. The molecule has 8 nitrogen and oxygen atoms in total. The number of ether oxygens (including phenoxy) is 2. The molecule has 0 saturated heterocycles. The van der Waals surface area contributed by atoms with Crippen LogP contribution in [-0.4, -0.2) is 41.0 Å². The normalized spacial score (nSPS) is 15.0. The predicted octanol–water partition coefficient (Wildman–Crippen LogP) is 6.92. The molecule has 1 amide bonds. The van der Waals surface area contributed by atoms with Crippen LogP contribution < -0.4 is 5.32 Å². The topological polar surface area (TPSA) is 110 Å². The second kappa shape index (κ2) is 12.2. The molecule has 2 unspecified atom stereocenters. The minimum atomic E-state index is -1.07. The molecular weight excluding hydrogens is 562 g/mol. The van der Waals surface area contributed by atoms with Gasteiger partial charge in [-0.3, -0.25) is 4.79 Å². The number of esters is 2. The number of H-pyrrole nitrogens is 1. The highest BCUT2D eigenvalue weighted by molar-refractivity contribution is 7.17.